The highest BCUT2D eigenvalue weighted by Crippen LogP contribution is 2.26. The van der Waals surface area contributed by atoms with Crippen LogP contribution in [0, 0.1) is 12.7 Å². The van der Waals surface area contributed by atoms with Gasteiger partial charge in [-0.05, 0) is 47.4 Å². The largest absolute Gasteiger partial charge is 0.326 e. The van der Waals surface area contributed by atoms with E-state index in [2.05, 4.69) is 0 Å². The molecule has 2 aromatic carbocycles. The van der Waals surface area contributed by atoms with E-state index in [9.17, 15) is 4.39 Å². The van der Waals surface area contributed by atoms with Gasteiger partial charge in [0.1, 0.15) is 5.82 Å². The molecular weight excluding hydrogens is 237 g/mol. The molecule has 0 atom stereocenters. The molecule has 0 bridgehead atoms. The molecule has 0 amide bonds. The summed E-state index contributed by atoms with van der Waals surface area (Å²) in [7, 11) is 0. The van der Waals surface area contributed by atoms with Crippen molar-refractivity contribution in [3.8, 4) is 11.1 Å². The van der Waals surface area contributed by atoms with Crippen LogP contribution in [-0.2, 0) is 6.54 Å². The minimum atomic E-state index is -0.237. The van der Waals surface area contributed by atoms with Crippen LogP contribution in [0.3, 0.4) is 0 Å². The predicted octanol–water partition coefficient (Wildman–Crippen LogP) is 3.91. The molecule has 0 radical (unpaired) electrons. The van der Waals surface area contributed by atoms with Crippen molar-refractivity contribution in [1.29, 1.82) is 0 Å². The van der Waals surface area contributed by atoms with E-state index in [1.54, 1.807) is 0 Å². The van der Waals surface area contributed by atoms with E-state index >= 15 is 0 Å². The first-order valence-electron chi connectivity index (χ1n) is 5.36. The Kier molecular flexibility index (Phi) is 3.46. The molecule has 0 spiro atoms. The van der Waals surface area contributed by atoms with Crippen LogP contribution < -0.4 is 5.73 Å². The summed E-state index contributed by atoms with van der Waals surface area (Å²) in [5, 5.41) is 0.618. The SMILES string of the molecule is Cc1cc(F)cc(-c2ccc(CN)c(Cl)c2)c1. The Bertz CT molecular complexity index is 532. The second-order valence-corrected chi connectivity index (χ2v) is 4.43. The van der Waals surface area contributed by atoms with Crippen LogP contribution >= 0.6 is 11.6 Å². The van der Waals surface area contributed by atoms with Crippen molar-refractivity contribution in [2.75, 3.05) is 0 Å². The summed E-state index contributed by atoms with van der Waals surface area (Å²) >= 11 is 6.09. The number of halogens is 2. The Labute approximate surface area is 105 Å². The monoisotopic (exact) mass is 249 g/mol. The molecule has 0 unspecified atom stereocenters. The Balaban J connectivity index is 2.49. The second kappa shape index (κ2) is 4.86. The van der Waals surface area contributed by atoms with E-state index in [0.29, 0.717) is 11.6 Å². The zero-order valence-corrected chi connectivity index (χ0v) is 10.3. The fourth-order valence-corrected chi connectivity index (χ4v) is 2.05. The molecule has 1 nitrogen and oxygen atoms in total. The fourth-order valence-electron chi connectivity index (χ4n) is 1.80. The Morgan fingerprint density at radius 2 is 1.88 bits per heavy atom. The van der Waals surface area contributed by atoms with Gasteiger partial charge in [-0.1, -0.05) is 29.8 Å². The van der Waals surface area contributed by atoms with E-state index in [1.807, 2.05) is 31.2 Å². The first-order valence-corrected chi connectivity index (χ1v) is 5.74. The summed E-state index contributed by atoms with van der Waals surface area (Å²) in [4.78, 5) is 0. The standard InChI is InChI=1S/C14H13ClFN/c1-9-4-12(6-13(16)5-9)10-2-3-11(8-17)14(15)7-10/h2-7H,8,17H2,1H3. The van der Waals surface area contributed by atoms with Gasteiger partial charge in [0.25, 0.3) is 0 Å². The summed E-state index contributed by atoms with van der Waals surface area (Å²) in [6.07, 6.45) is 0. The van der Waals surface area contributed by atoms with Gasteiger partial charge >= 0.3 is 0 Å². The van der Waals surface area contributed by atoms with Crippen molar-refractivity contribution in [3.63, 3.8) is 0 Å². The molecular formula is C14H13ClFN. The third-order valence-corrected chi connectivity index (χ3v) is 3.00. The first kappa shape index (κ1) is 12.1. The fraction of sp³-hybridized carbons (Fsp3) is 0.143. The Hall–Kier alpha value is -1.38. The van der Waals surface area contributed by atoms with Crippen molar-refractivity contribution >= 4 is 11.6 Å². The highest BCUT2D eigenvalue weighted by atomic mass is 35.5. The van der Waals surface area contributed by atoms with Crippen molar-refractivity contribution < 1.29 is 4.39 Å². The van der Waals surface area contributed by atoms with Crippen LogP contribution in [0.4, 0.5) is 4.39 Å². The maximum absolute atomic E-state index is 13.3. The van der Waals surface area contributed by atoms with E-state index in [-0.39, 0.29) is 5.82 Å². The van der Waals surface area contributed by atoms with Crippen molar-refractivity contribution in [2.24, 2.45) is 5.73 Å². The third-order valence-electron chi connectivity index (χ3n) is 2.65. The van der Waals surface area contributed by atoms with Crippen LogP contribution in [0.15, 0.2) is 36.4 Å². The Morgan fingerprint density at radius 3 is 2.47 bits per heavy atom. The maximum atomic E-state index is 13.3. The van der Waals surface area contributed by atoms with E-state index in [1.165, 1.54) is 12.1 Å². The zero-order valence-electron chi connectivity index (χ0n) is 9.50. The Morgan fingerprint density at radius 1 is 1.12 bits per heavy atom. The van der Waals surface area contributed by atoms with Gasteiger partial charge in [0.15, 0.2) is 0 Å². The normalized spacial score (nSPS) is 10.6. The number of aryl methyl sites for hydroxylation is 1. The molecule has 88 valence electrons. The van der Waals surface area contributed by atoms with Gasteiger partial charge in [-0.3, -0.25) is 0 Å². The molecule has 0 fully saturated rings. The average molecular weight is 250 g/mol. The molecule has 2 rings (SSSR count). The second-order valence-electron chi connectivity index (χ2n) is 4.03. The van der Waals surface area contributed by atoms with Gasteiger partial charge in [-0.2, -0.15) is 0 Å². The number of benzene rings is 2. The van der Waals surface area contributed by atoms with Crippen molar-refractivity contribution in [3.05, 3.63) is 58.4 Å². The zero-order chi connectivity index (χ0) is 12.4. The first-order chi connectivity index (χ1) is 8.10. The number of nitrogens with two attached hydrogens (primary N) is 1. The molecule has 2 aromatic rings. The van der Waals surface area contributed by atoms with Gasteiger partial charge in [0.2, 0.25) is 0 Å². The lowest BCUT2D eigenvalue weighted by molar-refractivity contribution is 0.627. The molecule has 0 aliphatic carbocycles. The third kappa shape index (κ3) is 2.65. The van der Waals surface area contributed by atoms with Crippen molar-refractivity contribution in [1.82, 2.24) is 0 Å². The van der Waals surface area contributed by atoms with Gasteiger partial charge in [0, 0.05) is 11.6 Å². The molecule has 17 heavy (non-hydrogen) atoms. The van der Waals surface area contributed by atoms with Gasteiger partial charge < -0.3 is 5.73 Å². The lowest BCUT2D eigenvalue weighted by Crippen LogP contribution is -1.97. The minimum Gasteiger partial charge on any atom is -0.326 e. The van der Waals surface area contributed by atoms with Crippen LogP contribution in [-0.4, -0.2) is 0 Å². The molecule has 0 heterocycles. The lowest BCUT2D eigenvalue weighted by Gasteiger charge is -2.07. The summed E-state index contributed by atoms with van der Waals surface area (Å²) in [5.41, 5.74) is 9.05. The summed E-state index contributed by atoms with van der Waals surface area (Å²) in [6, 6.07) is 10.5. The molecule has 0 aliphatic heterocycles. The van der Waals surface area contributed by atoms with Crippen LogP contribution in [0.1, 0.15) is 11.1 Å². The van der Waals surface area contributed by atoms with Gasteiger partial charge in [-0.25, -0.2) is 4.39 Å². The van der Waals surface area contributed by atoms with Crippen LogP contribution in [0.2, 0.25) is 5.02 Å². The van der Waals surface area contributed by atoms with Crippen LogP contribution in [0.5, 0.6) is 0 Å². The van der Waals surface area contributed by atoms with Crippen LogP contribution in [0.25, 0.3) is 11.1 Å². The van der Waals surface area contributed by atoms with E-state index in [0.717, 1.165) is 22.3 Å². The number of hydrogen-bond donors (Lipinski definition) is 1. The molecule has 0 saturated heterocycles. The van der Waals surface area contributed by atoms with Gasteiger partial charge in [0.05, 0.1) is 0 Å². The summed E-state index contributed by atoms with van der Waals surface area (Å²) < 4.78 is 13.3. The summed E-state index contributed by atoms with van der Waals surface area (Å²) in [5.74, 6) is -0.237. The lowest BCUT2D eigenvalue weighted by atomic mass is 10.0. The minimum absolute atomic E-state index is 0.237. The van der Waals surface area contributed by atoms with Crippen molar-refractivity contribution in [2.45, 2.75) is 13.5 Å². The highest BCUT2D eigenvalue weighted by molar-refractivity contribution is 6.31. The number of hydrogen-bond acceptors (Lipinski definition) is 1. The molecule has 2 N–H and O–H groups in total. The predicted molar refractivity (Wildman–Crippen MR) is 69.5 cm³/mol. The average Bonchev–Trinajstić information content (AvgIpc) is 2.27. The van der Waals surface area contributed by atoms with E-state index in [4.69, 9.17) is 17.3 Å². The quantitative estimate of drug-likeness (QED) is 0.858. The summed E-state index contributed by atoms with van der Waals surface area (Å²) in [6.45, 7) is 2.27. The molecule has 0 saturated carbocycles. The molecule has 0 aliphatic rings. The van der Waals surface area contributed by atoms with Gasteiger partial charge in [-0.15, -0.1) is 0 Å². The van der Waals surface area contributed by atoms with E-state index < -0.39 is 0 Å². The molecule has 3 heteroatoms. The topological polar surface area (TPSA) is 26.0 Å². The smallest absolute Gasteiger partial charge is 0.124 e. The maximum Gasteiger partial charge on any atom is 0.124 e. The highest BCUT2D eigenvalue weighted by Gasteiger charge is 2.04. The molecule has 0 aromatic heterocycles. The number of rotatable bonds is 2.